The maximum Gasteiger partial charge on any atom is 0.0689 e. The summed E-state index contributed by atoms with van der Waals surface area (Å²) in [6.07, 6.45) is 1.90. The van der Waals surface area contributed by atoms with Gasteiger partial charge in [-0.3, -0.25) is 4.68 Å². The first-order valence-electron chi connectivity index (χ1n) is 3.76. The van der Waals surface area contributed by atoms with Crippen molar-refractivity contribution in [3.8, 4) is 0 Å². The van der Waals surface area contributed by atoms with Gasteiger partial charge >= 0.3 is 0 Å². The summed E-state index contributed by atoms with van der Waals surface area (Å²) in [6, 6.07) is 4.34. The molecule has 12 heavy (non-hydrogen) atoms. The Bertz CT molecular complexity index is 431. The third-order valence-electron chi connectivity index (χ3n) is 2.03. The maximum atomic E-state index is 4.19. The highest BCUT2D eigenvalue weighted by Crippen LogP contribution is 2.19. The Morgan fingerprint density at radius 2 is 2.17 bits per heavy atom. The number of hydrogen-bond donors (Lipinski definition) is 0. The van der Waals surface area contributed by atoms with Gasteiger partial charge in [-0.15, -0.1) is 0 Å². The molecule has 0 amide bonds. The van der Waals surface area contributed by atoms with Crippen LogP contribution in [-0.2, 0) is 7.05 Å². The van der Waals surface area contributed by atoms with Gasteiger partial charge < -0.3 is 0 Å². The van der Waals surface area contributed by atoms with E-state index in [0.717, 1.165) is 0 Å². The van der Waals surface area contributed by atoms with Crippen molar-refractivity contribution < 1.29 is 0 Å². The van der Waals surface area contributed by atoms with E-state index in [0.29, 0.717) is 0 Å². The van der Waals surface area contributed by atoms with Crippen molar-refractivity contribution in [2.75, 3.05) is 0 Å². The highest BCUT2D eigenvalue weighted by Gasteiger charge is 2.01. The molecule has 0 aliphatic rings. The van der Waals surface area contributed by atoms with Crippen LogP contribution in [0.25, 0.3) is 10.9 Å². The molecule has 0 radical (unpaired) electrons. The molecule has 2 aromatic rings. The van der Waals surface area contributed by atoms with E-state index in [4.69, 9.17) is 0 Å². The molecular weight excluding hydrogens is 263 g/mol. The van der Waals surface area contributed by atoms with Crippen LogP contribution >= 0.6 is 22.6 Å². The Morgan fingerprint density at radius 1 is 1.42 bits per heavy atom. The van der Waals surface area contributed by atoms with Gasteiger partial charge in [0, 0.05) is 16.0 Å². The second kappa shape index (κ2) is 2.73. The lowest BCUT2D eigenvalue weighted by Gasteiger charge is -1.98. The monoisotopic (exact) mass is 272 g/mol. The van der Waals surface area contributed by atoms with E-state index in [1.54, 1.807) is 0 Å². The van der Waals surface area contributed by atoms with Crippen LogP contribution in [0.1, 0.15) is 5.56 Å². The number of aryl methyl sites for hydroxylation is 2. The molecule has 1 aromatic carbocycles. The zero-order valence-corrected chi connectivity index (χ0v) is 9.16. The van der Waals surface area contributed by atoms with Crippen LogP contribution in [0.5, 0.6) is 0 Å². The Labute approximate surface area is 84.7 Å². The van der Waals surface area contributed by atoms with Crippen LogP contribution in [0, 0.1) is 10.5 Å². The van der Waals surface area contributed by atoms with Crippen LogP contribution in [-0.4, -0.2) is 9.78 Å². The molecule has 0 bridgehead atoms. The second-order valence-electron chi connectivity index (χ2n) is 2.93. The van der Waals surface area contributed by atoms with Gasteiger partial charge in [-0.05, 0) is 47.2 Å². The van der Waals surface area contributed by atoms with Crippen molar-refractivity contribution in [3.63, 3.8) is 0 Å². The quantitative estimate of drug-likeness (QED) is 0.674. The fraction of sp³-hybridized carbons (Fsp3) is 0.222. The molecule has 1 aromatic heterocycles. The molecular formula is C9H9IN2. The van der Waals surface area contributed by atoms with Crippen molar-refractivity contribution in [2.45, 2.75) is 6.92 Å². The van der Waals surface area contributed by atoms with Crippen LogP contribution < -0.4 is 0 Å². The van der Waals surface area contributed by atoms with Crippen LogP contribution in [0.15, 0.2) is 18.3 Å². The summed E-state index contributed by atoms with van der Waals surface area (Å²) in [5.74, 6) is 0. The molecule has 2 rings (SSSR count). The number of nitrogens with zero attached hydrogens (tertiary/aromatic N) is 2. The number of benzene rings is 1. The molecule has 0 saturated carbocycles. The molecule has 0 saturated heterocycles. The Morgan fingerprint density at radius 3 is 2.92 bits per heavy atom. The third kappa shape index (κ3) is 1.12. The van der Waals surface area contributed by atoms with Gasteiger partial charge in [-0.25, -0.2) is 0 Å². The van der Waals surface area contributed by atoms with Crippen LogP contribution in [0.4, 0.5) is 0 Å². The van der Waals surface area contributed by atoms with E-state index in [1.165, 1.54) is 20.0 Å². The molecule has 0 unspecified atom stereocenters. The van der Waals surface area contributed by atoms with Gasteiger partial charge in [-0.2, -0.15) is 5.10 Å². The summed E-state index contributed by atoms with van der Waals surface area (Å²) in [7, 11) is 1.97. The lowest BCUT2D eigenvalue weighted by Crippen LogP contribution is -1.89. The van der Waals surface area contributed by atoms with E-state index < -0.39 is 0 Å². The standard InChI is InChI=1S/C9H9IN2/c1-6-3-7-5-11-12(2)9(7)4-8(6)10/h3-5H,1-2H3. The fourth-order valence-electron chi connectivity index (χ4n) is 1.29. The van der Waals surface area contributed by atoms with E-state index in [-0.39, 0.29) is 0 Å². The van der Waals surface area contributed by atoms with Crippen molar-refractivity contribution in [1.82, 2.24) is 9.78 Å². The number of fused-ring (bicyclic) bond motifs is 1. The largest absolute Gasteiger partial charge is 0.268 e. The van der Waals surface area contributed by atoms with Gasteiger partial charge in [0.05, 0.1) is 11.7 Å². The van der Waals surface area contributed by atoms with Crippen LogP contribution in [0.2, 0.25) is 0 Å². The third-order valence-corrected chi connectivity index (χ3v) is 3.19. The normalized spacial score (nSPS) is 10.9. The lowest BCUT2D eigenvalue weighted by molar-refractivity contribution is 0.796. The SMILES string of the molecule is Cc1cc2cnn(C)c2cc1I. The number of hydrogen-bond acceptors (Lipinski definition) is 1. The number of aromatic nitrogens is 2. The van der Waals surface area contributed by atoms with Crippen molar-refractivity contribution in [3.05, 3.63) is 27.5 Å². The van der Waals surface area contributed by atoms with E-state index in [2.05, 4.69) is 46.7 Å². The summed E-state index contributed by atoms with van der Waals surface area (Å²) in [5.41, 5.74) is 2.51. The van der Waals surface area contributed by atoms with Gasteiger partial charge in [0.25, 0.3) is 0 Å². The first kappa shape index (κ1) is 8.04. The minimum absolute atomic E-state index is 1.20. The summed E-state index contributed by atoms with van der Waals surface area (Å²) in [4.78, 5) is 0. The zero-order chi connectivity index (χ0) is 8.72. The molecule has 0 aliphatic heterocycles. The molecule has 0 aliphatic carbocycles. The molecule has 62 valence electrons. The molecule has 0 spiro atoms. The molecule has 2 nitrogen and oxygen atoms in total. The first-order valence-corrected chi connectivity index (χ1v) is 4.84. The molecule has 3 heteroatoms. The topological polar surface area (TPSA) is 17.8 Å². The minimum atomic E-state index is 1.20. The average molecular weight is 272 g/mol. The fourth-order valence-corrected chi connectivity index (χ4v) is 1.74. The van der Waals surface area contributed by atoms with Crippen molar-refractivity contribution in [2.24, 2.45) is 7.05 Å². The maximum absolute atomic E-state index is 4.19. The van der Waals surface area contributed by atoms with Gasteiger partial charge in [0.1, 0.15) is 0 Å². The molecule has 0 atom stereocenters. The molecule has 0 fully saturated rings. The minimum Gasteiger partial charge on any atom is -0.268 e. The molecule has 1 heterocycles. The van der Waals surface area contributed by atoms with E-state index in [1.807, 2.05) is 17.9 Å². The summed E-state index contributed by atoms with van der Waals surface area (Å²) >= 11 is 2.35. The van der Waals surface area contributed by atoms with Gasteiger partial charge in [0.15, 0.2) is 0 Å². The highest BCUT2D eigenvalue weighted by atomic mass is 127. The molecule has 0 N–H and O–H groups in total. The predicted octanol–water partition coefficient (Wildman–Crippen LogP) is 2.49. The summed E-state index contributed by atoms with van der Waals surface area (Å²) in [5, 5.41) is 5.41. The first-order chi connectivity index (χ1) is 5.68. The van der Waals surface area contributed by atoms with E-state index in [9.17, 15) is 0 Å². The zero-order valence-electron chi connectivity index (χ0n) is 7.00. The van der Waals surface area contributed by atoms with Crippen molar-refractivity contribution in [1.29, 1.82) is 0 Å². The second-order valence-corrected chi connectivity index (χ2v) is 4.09. The summed E-state index contributed by atoms with van der Waals surface area (Å²) < 4.78 is 3.19. The average Bonchev–Trinajstić information content (AvgIpc) is 2.35. The highest BCUT2D eigenvalue weighted by molar-refractivity contribution is 14.1. The Balaban J connectivity index is 2.87. The number of halogens is 1. The van der Waals surface area contributed by atoms with E-state index >= 15 is 0 Å². The Kier molecular flexibility index (Phi) is 1.83. The number of rotatable bonds is 0. The summed E-state index contributed by atoms with van der Waals surface area (Å²) in [6.45, 7) is 2.12. The lowest BCUT2D eigenvalue weighted by atomic mass is 10.2. The van der Waals surface area contributed by atoms with Crippen molar-refractivity contribution >= 4 is 33.5 Å². The van der Waals surface area contributed by atoms with Gasteiger partial charge in [0.2, 0.25) is 0 Å². The predicted molar refractivity (Wildman–Crippen MR) is 58.2 cm³/mol. The van der Waals surface area contributed by atoms with Crippen LogP contribution in [0.3, 0.4) is 0 Å². The van der Waals surface area contributed by atoms with Gasteiger partial charge in [-0.1, -0.05) is 0 Å². The Hall–Kier alpha value is -0.580. The smallest absolute Gasteiger partial charge is 0.0689 e.